The van der Waals surface area contributed by atoms with Crippen molar-refractivity contribution in [2.24, 2.45) is 11.3 Å². The molecule has 0 bridgehead atoms. The zero-order valence-corrected chi connectivity index (χ0v) is 19.5. The van der Waals surface area contributed by atoms with E-state index in [0.717, 1.165) is 12.2 Å². The molecule has 2 unspecified atom stereocenters. The summed E-state index contributed by atoms with van der Waals surface area (Å²) in [5, 5.41) is 0. The molecule has 3 fully saturated rings. The Balaban J connectivity index is 0.000000367. The summed E-state index contributed by atoms with van der Waals surface area (Å²) in [4.78, 5) is 11.5. The number of nitrogens with zero attached hydrogens (tertiary/aromatic N) is 1. The average molecular weight is 481 g/mol. The Kier molecular flexibility index (Phi) is 6.90. The van der Waals surface area contributed by atoms with Crippen LogP contribution in [-0.4, -0.2) is 48.5 Å². The number of aldehydes is 1. The number of carbonyl (C=O) groups excluding carboxylic acids is 1. The number of hydrogen-bond donors (Lipinski definition) is 1. The molecule has 33 heavy (non-hydrogen) atoms. The normalized spacial score (nSPS) is 29.1. The van der Waals surface area contributed by atoms with Gasteiger partial charge in [-0.1, -0.05) is 55.3 Å². The molecule has 1 N–H and O–H groups in total. The fourth-order valence-electron chi connectivity index (χ4n) is 4.48. The standard InChI is InChI=1S/C20H22F4N2S.C5H6O/c1-3-27-25-19-17(26(2)12-20(19,23)24)11-13-7-6-9-15(18(13)22)14-8-4-5-10-16(14)21;6-3-5-1-4(5)2-5/h4-10,17,19,25H,3,11-12H2,1-2H3;3-4H,1-2H2. The molecule has 3 aliphatic rings. The molecule has 0 aromatic heterocycles. The van der Waals surface area contributed by atoms with Gasteiger partial charge in [0.2, 0.25) is 0 Å². The van der Waals surface area contributed by atoms with E-state index in [2.05, 4.69) is 4.72 Å². The second kappa shape index (κ2) is 9.39. The van der Waals surface area contributed by atoms with Crippen LogP contribution in [0.2, 0.25) is 0 Å². The quantitative estimate of drug-likeness (QED) is 0.329. The molecule has 0 radical (unpaired) electrons. The number of rotatable bonds is 7. The molecule has 2 aliphatic carbocycles. The van der Waals surface area contributed by atoms with Gasteiger partial charge in [-0.2, -0.15) is 0 Å². The van der Waals surface area contributed by atoms with Crippen LogP contribution in [0.3, 0.4) is 0 Å². The largest absolute Gasteiger partial charge is 0.303 e. The van der Waals surface area contributed by atoms with E-state index in [1.54, 1.807) is 30.1 Å². The number of benzene rings is 2. The number of hydrogen-bond acceptors (Lipinski definition) is 4. The number of nitrogens with one attached hydrogen (secondary N) is 1. The Hall–Kier alpha value is -1.90. The van der Waals surface area contributed by atoms with Crippen molar-refractivity contribution >= 4 is 18.2 Å². The van der Waals surface area contributed by atoms with Crippen molar-refractivity contribution in [2.45, 2.75) is 44.2 Å². The van der Waals surface area contributed by atoms with Gasteiger partial charge < -0.3 is 4.79 Å². The highest BCUT2D eigenvalue weighted by Gasteiger charge is 2.69. The number of alkyl halides is 2. The van der Waals surface area contributed by atoms with Gasteiger partial charge in [0.25, 0.3) is 5.92 Å². The maximum absolute atomic E-state index is 15.1. The molecule has 2 atom stereocenters. The Labute approximate surface area is 196 Å². The molecule has 1 aliphatic heterocycles. The van der Waals surface area contributed by atoms with Crippen molar-refractivity contribution in [3.63, 3.8) is 0 Å². The lowest BCUT2D eigenvalue weighted by atomic mass is 9.95. The summed E-state index contributed by atoms with van der Waals surface area (Å²) in [5.74, 6) is -2.48. The zero-order valence-electron chi connectivity index (χ0n) is 18.7. The third kappa shape index (κ3) is 4.98. The summed E-state index contributed by atoms with van der Waals surface area (Å²) in [7, 11) is 1.62. The van der Waals surface area contributed by atoms with Gasteiger partial charge in [0.1, 0.15) is 17.9 Å². The summed E-state index contributed by atoms with van der Waals surface area (Å²) < 4.78 is 60.7. The van der Waals surface area contributed by atoms with Crippen molar-refractivity contribution < 1.29 is 22.4 Å². The van der Waals surface area contributed by atoms with E-state index in [0.29, 0.717) is 11.3 Å². The van der Waals surface area contributed by atoms with Gasteiger partial charge in [0.15, 0.2) is 0 Å². The van der Waals surface area contributed by atoms with E-state index in [9.17, 15) is 18.0 Å². The number of likely N-dealkylation sites (N-methyl/N-ethyl adjacent to an activating group) is 1. The van der Waals surface area contributed by atoms with Crippen LogP contribution in [0.25, 0.3) is 11.1 Å². The van der Waals surface area contributed by atoms with Gasteiger partial charge >= 0.3 is 0 Å². The first-order valence-electron chi connectivity index (χ1n) is 11.2. The average Bonchev–Trinajstić information content (AvgIpc) is 3.63. The monoisotopic (exact) mass is 480 g/mol. The molecule has 5 rings (SSSR count). The third-order valence-corrected chi connectivity index (χ3v) is 7.58. The number of carbonyl (C=O) groups is 1. The second-order valence-electron chi connectivity index (χ2n) is 9.19. The predicted molar refractivity (Wildman–Crippen MR) is 123 cm³/mol. The van der Waals surface area contributed by atoms with E-state index >= 15 is 4.39 Å². The van der Waals surface area contributed by atoms with Gasteiger partial charge in [-0.05, 0) is 43.9 Å². The number of halogens is 4. The second-order valence-corrected chi connectivity index (χ2v) is 10.3. The number of likely N-dealkylation sites (tertiary alicyclic amines) is 1. The van der Waals surface area contributed by atoms with Crippen LogP contribution in [-0.2, 0) is 11.2 Å². The number of fused-ring (bicyclic) bond motifs is 1. The summed E-state index contributed by atoms with van der Waals surface area (Å²) in [6.45, 7) is 1.50. The predicted octanol–water partition coefficient (Wildman–Crippen LogP) is 5.35. The fraction of sp³-hybridized carbons (Fsp3) is 0.480. The van der Waals surface area contributed by atoms with Gasteiger partial charge in [-0.25, -0.2) is 17.6 Å². The molecule has 3 nitrogen and oxygen atoms in total. The molecular weight excluding hydrogens is 452 g/mol. The van der Waals surface area contributed by atoms with Crippen molar-refractivity contribution in [3.8, 4) is 11.1 Å². The van der Waals surface area contributed by atoms with Crippen LogP contribution in [0.4, 0.5) is 17.6 Å². The van der Waals surface area contributed by atoms with E-state index in [-0.39, 0.29) is 29.5 Å². The van der Waals surface area contributed by atoms with Crippen LogP contribution >= 0.6 is 11.9 Å². The van der Waals surface area contributed by atoms with Gasteiger partial charge in [-0.15, -0.1) is 0 Å². The minimum Gasteiger partial charge on any atom is -0.303 e. The summed E-state index contributed by atoms with van der Waals surface area (Å²) >= 11 is 1.23. The molecule has 2 saturated carbocycles. The molecule has 1 heterocycles. The summed E-state index contributed by atoms with van der Waals surface area (Å²) in [6.07, 6.45) is 3.65. The minimum atomic E-state index is -2.90. The van der Waals surface area contributed by atoms with Gasteiger partial charge in [-0.3, -0.25) is 9.62 Å². The zero-order chi connectivity index (χ0) is 23.8. The first-order chi connectivity index (χ1) is 15.7. The molecule has 178 valence electrons. The molecule has 2 aromatic rings. The Bertz CT molecular complexity index is 1010. The van der Waals surface area contributed by atoms with Crippen LogP contribution in [0, 0.1) is 23.0 Å². The first kappa shape index (κ1) is 24.2. The van der Waals surface area contributed by atoms with E-state index in [1.807, 2.05) is 6.92 Å². The van der Waals surface area contributed by atoms with Crippen LogP contribution in [0.5, 0.6) is 0 Å². The highest BCUT2D eigenvalue weighted by molar-refractivity contribution is 7.97. The van der Waals surface area contributed by atoms with Crippen molar-refractivity contribution in [3.05, 3.63) is 59.7 Å². The van der Waals surface area contributed by atoms with Crippen LogP contribution in [0.15, 0.2) is 42.5 Å². The highest BCUT2D eigenvalue weighted by Crippen LogP contribution is 2.73. The van der Waals surface area contributed by atoms with Crippen LogP contribution in [0.1, 0.15) is 25.3 Å². The summed E-state index contributed by atoms with van der Waals surface area (Å²) in [6, 6.07) is 9.03. The van der Waals surface area contributed by atoms with E-state index < -0.39 is 29.6 Å². The topological polar surface area (TPSA) is 32.3 Å². The Morgan fingerprint density at radius 1 is 1.12 bits per heavy atom. The van der Waals surface area contributed by atoms with Crippen molar-refractivity contribution in [1.82, 2.24) is 9.62 Å². The molecular formula is C25H28F4N2OS. The lowest BCUT2D eigenvalue weighted by Crippen LogP contribution is -2.46. The van der Waals surface area contributed by atoms with E-state index in [4.69, 9.17) is 0 Å². The van der Waals surface area contributed by atoms with E-state index in [1.165, 1.54) is 49.1 Å². The fourth-order valence-corrected chi connectivity index (χ4v) is 5.15. The molecule has 0 spiro atoms. The van der Waals surface area contributed by atoms with Crippen LogP contribution < -0.4 is 4.72 Å². The van der Waals surface area contributed by atoms with Crippen molar-refractivity contribution in [1.29, 1.82) is 0 Å². The minimum absolute atomic E-state index is 0.113. The SMILES string of the molecule is CCSNC1C(Cc2cccc(-c3ccccc3F)c2F)N(C)CC1(F)F.O=CC12CC1C2. The lowest BCUT2D eigenvalue weighted by molar-refractivity contribution is -0.110. The Morgan fingerprint density at radius 3 is 2.36 bits per heavy atom. The maximum Gasteiger partial charge on any atom is 0.277 e. The Morgan fingerprint density at radius 2 is 1.79 bits per heavy atom. The molecule has 1 saturated heterocycles. The maximum atomic E-state index is 15.1. The van der Waals surface area contributed by atoms with Gasteiger partial charge in [0, 0.05) is 28.3 Å². The molecule has 0 amide bonds. The van der Waals surface area contributed by atoms with Crippen molar-refractivity contribution in [2.75, 3.05) is 19.3 Å². The molecule has 8 heteroatoms. The first-order valence-corrected chi connectivity index (χ1v) is 12.1. The summed E-state index contributed by atoms with van der Waals surface area (Å²) in [5.41, 5.74) is 0.891. The smallest absolute Gasteiger partial charge is 0.277 e. The lowest BCUT2D eigenvalue weighted by Gasteiger charge is -2.26. The molecule has 2 aromatic carbocycles. The van der Waals surface area contributed by atoms with Gasteiger partial charge in [0.05, 0.1) is 12.6 Å². The third-order valence-electron chi connectivity index (χ3n) is 6.87. The highest BCUT2D eigenvalue weighted by atomic mass is 32.2.